The van der Waals surface area contributed by atoms with Gasteiger partial charge in [-0.05, 0) is 86.7 Å². The number of nitrogens with one attached hydrogen (secondary N) is 1. The Labute approximate surface area is 323 Å². The zero-order chi connectivity index (χ0) is 37.1. The van der Waals surface area contributed by atoms with Crippen LogP contribution in [0.5, 0.6) is 0 Å². The number of benzene rings is 2. The van der Waals surface area contributed by atoms with Gasteiger partial charge in [0.2, 0.25) is 11.8 Å². The van der Waals surface area contributed by atoms with Crippen molar-refractivity contribution in [1.29, 1.82) is 0 Å². The second-order valence-corrected chi connectivity index (χ2v) is 16.4. The molecule has 5 aromatic rings. The Balaban J connectivity index is 0.836. The molecule has 0 radical (unpaired) electrons. The summed E-state index contributed by atoms with van der Waals surface area (Å²) >= 11 is 8.00. The van der Waals surface area contributed by atoms with Crippen LogP contribution in [0.15, 0.2) is 65.8 Å². The standard InChI is InChI=1S/C41H42ClN9O2S/c1-24-25(2)54-41-38(24)39(27-4-8-31(42)9-5-27)45-34(40-47-46-26(3)51(40)41)22-37(53)50-14-12-32(13-15-50)48-16-18-49(19-17-48)35-11-7-29(23-43-35)28-6-10-33-30(20-28)21-36(52)44-33/h4-11,20,23,32,34H,12-19,21-22H2,1-3H3,(H,44,52)/t34-/m0/s1. The molecule has 54 heavy (non-hydrogen) atoms. The number of carbonyl (C=O) groups is 2. The highest BCUT2D eigenvalue weighted by Crippen LogP contribution is 2.40. The van der Waals surface area contributed by atoms with Gasteiger partial charge in [-0.1, -0.05) is 29.8 Å². The number of aliphatic imine (C=N–C) groups is 1. The van der Waals surface area contributed by atoms with Gasteiger partial charge in [-0.25, -0.2) is 4.98 Å². The maximum Gasteiger partial charge on any atom is 0.228 e. The van der Waals surface area contributed by atoms with Crippen LogP contribution >= 0.6 is 22.9 Å². The highest BCUT2D eigenvalue weighted by Gasteiger charge is 2.35. The third kappa shape index (κ3) is 6.39. The molecule has 4 aliphatic heterocycles. The fourth-order valence-corrected chi connectivity index (χ4v) is 9.72. The van der Waals surface area contributed by atoms with E-state index in [1.165, 1.54) is 10.4 Å². The van der Waals surface area contributed by atoms with Gasteiger partial charge in [0.15, 0.2) is 5.82 Å². The van der Waals surface area contributed by atoms with E-state index in [2.05, 4.69) is 61.9 Å². The van der Waals surface area contributed by atoms with E-state index in [0.29, 0.717) is 23.3 Å². The van der Waals surface area contributed by atoms with Crippen molar-refractivity contribution in [3.63, 3.8) is 0 Å². The zero-order valence-corrected chi connectivity index (χ0v) is 32.3. The minimum Gasteiger partial charge on any atom is -0.354 e. The topological polar surface area (TPSA) is 112 Å². The van der Waals surface area contributed by atoms with Gasteiger partial charge in [-0.3, -0.25) is 24.0 Å². The molecule has 1 N–H and O–H groups in total. The molecule has 7 heterocycles. The molecule has 2 fully saturated rings. The molecule has 2 amide bonds. The van der Waals surface area contributed by atoms with Crippen LogP contribution in [0.2, 0.25) is 5.02 Å². The van der Waals surface area contributed by atoms with Crippen molar-refractivity contribution in [3.8, 4) is 16.1 Å². The van der Waals surface area contributed by atoms with Crippen molar-refractivity contribution >= 4 is 52.0 Å². The molecule has 0 saturated carbocycles. The summed E-state index contributed by atoms with van der Waals surface area (Å²) in [5, 5.41) is 13.7. The number of pyridine rings is 1. The molecule has 2 aromatic carbocycles. The summed E-state index contributed by atoms with van der Waals surface area (Å²) in [5.41, 5.74) is 8.14. The van der Waals surface area contributed by atoms with Crippen LogP contribution in [0.4, 0.5) is 11.5 Å². The highest BCUT2D eigenvalue weighted by molar-refractivity contribution is 7.15. The summed E-state index contributed by atoms with van der Waals surface area (Å²) in [4.78, 5) is 44.1. The van der Waals surface area contributed by atoms with Gasteiger partial charge in [0.1, 0.15) is 22.7 Å². The number of piperazine rings is 1. The Bertz CT molecular complexity index is 2280. The first kappa shape index (κ1) is 34.8. The van der Waals surface area contributed by atoms with Crippen molar-refractivity contribution in [2.24, 2.45) is 4.99 Å². The number of anilines is 2. The predicted molar refractivity (Wildman–Crippen MR) is 213 cm³/mol. The number of thiophene rings is 1. The first-order chi connectivity index (χ1) is 26.2. The Morgan fingerprint density at radius 3 is 2.39 bits per heavy atom. The van der Waals surface area contributed by atoms with Gasteiger partial charge < -0.3 is 15.1 Å². The van der Waals surface area contributed by atoms with Crippen molar-refractivity contribution in [2.45, 2.75) is 58.5 Å². The van der Waals surface area contributed by atoms with E-state index >= 15 is 0 Å². The van der Waals surface area contributed by atoms with Crippen LogP contribution in [0.1, 0.15) is 64.1 Å². The minimum atomic E-state index is -0.464. The normalized spacial score (nSPS) is 18.9. The number of hydrogen-bond donors (Lipinski definition) is 1. The predicted octanol–water partition coefficient (Wildman–Crippen LogP) is 6.56. The Hall–Kier alpha value is -4.91. The molecule has 0 spiro atoms. The quantitative estimate of drug-likeness (QED) is 0.209. The van der Waals surface area contributed by atoms with Crippen LogP contribution < -0.4 is 10.2 Å². The van der Waals surface area contributed by atoms with E-state index in [0.717, 1.165) is 108 Å². The Morgan fingerprint density at radius 2 is 1.65 bits per heavy atom. The van der Waals surface area contributed by atoms with Crippen LogP contribution in [0, 0.1) is 20.8 Å². The summed E-state index contributed by atoms with van der Waals surface area (Å²) in [7, 11) is 0. The maximum absolute atomic E-state index is 14.0. The second kappa shape index (κ2) is 14.1. The number of amides is 2. The van der Waals surface area contributed by atoms with Gasteiger partial charge in [0.25, 0.3) is 0 Å². The van der Waals surface area contributed by atoms with Gasteiger partial charge >= 0.3 is 0 Å². The van der Waals surface area contributed by atoms with E-state index < -0.39 is 6.04 Å². The average Bonchev–Trinajstić information content (AvgIpc) is 3.83. The largest absolute Gasteiger partial charge is 0.354 e. The van der Waals surface area contributed by atoms with Gasteiger partial charge in [-0.15, -0.1) is 21.5 Å². The molecule has 3 aromatic heterocycles. The van der Waals surface area contributed by atoms with Gasteiger partial charge in [0.05, 0.1) is 18.6 Å². The monoisotopic (exact) mass is 759 g/mol. The third-order valence-corrected chi connectivity index (χ3v) is 13.0. The van der Waals surface area contributed by atoms with Crippen molar-refractivity contribution < 1.29 is 9.59 Å². The molecule has 0 bridgehead atoms. The smallest absolute Gasteiger partial charge is 0.228 e. The van der Waals surface area contributed by atoms with Crippen LogP contribution in [0.25, 0.3) is 16.1 Å². The lowest BCUT2D eigenvalue weighted by Gasteiger charge is -2.43. The molecule has 0 unspecified atom stereocenters. The molecule has 276 valence electrons. The van der Waals surface area contributed by atoms with E-state index in [9.17, 15) is 9.59 Å². The molecule has 11 nitrogen and oxygen atoms in total. The van der Waals surface area contributed by atoms with E-state index in [4.69, 9.17) is 21.6 Å². The maximum atomic E-state index is 14.0. The number of fused-ring (bicyclic) bond motifs is 4. The number of aryl methyl sites for hydroxylation is 2. The molecular weight excluding hydrogens is 718 g/mol. The minimum absolute atomic E-state index is 0.0452. The highest BCUT2D eigenvalue weighted by atomic mass is 35.5. The number of likely N-dealkylation sites (tertiary alicyclic amines) is 1. The average molecular weight is 760 g/mol. The van der Waals surface area contributed by atoms with E-state index in [-0.39, 0.29) is 18.2 Å². The number of halogens is 1. The fourth-order valence-electron chi connectivity index (χ4n) is 8.38. The SMILES string of the molecule is Cc1sc2c(c1C)C(c1ccc(Cl)cc1)=N[C@@H](CC(=O)N1CCC(N3CCN(c4ccc(-c5ccc6c(c5)CC(=O)N6)cn4)CC3)CC1)c1nnc(C)n1-2. The first-order valence-corrected chi connectivity index (χ1v) is 19.9. The lowest BCUT2D eigenvalue weighted by atomic mass is 9.99. The molecule has 13 heteroatoms. The van der Waals surface area contributed by atoms with Crippen molar-refractivity contribution in [1.82, 2.24) is 29.5 Å². The fraction of sp³-hybridized carbons (Fsp3) is 0.366. The lowest BCUT2D eigenvalue weighted by Crippen LogP contribution is -2.54. The molecule has 9 rings (SSSR count). The number of rotatable bonds is 6. The van der Waals surface area contributed by atoms with Crippen molar-refractivity contribution in [2.75, 3.05) is 49.5 Å². The van der Waals surface area contributed by atoms with Gasteiger partial charge in [-0.2, -0.15) is 0 Å². The summed E-state index contributed by atoms with van der Waals surface area (Å²) in [5.74, 6) is 2.64. The van der Waals surface area contributed by atoms with Gasteiger partial charge in [0, 0.05) is 83.8 Å². The number of nitrogens with zero attached hydrogens (tertiary/aromatic N) is 8. The molecule has 1 atom stereocenters. The summed E-state index contributed by atoms with van der Waals surface area (Å²) in [6.45, 7) is 11.5. The van der Waals surface area contributed by atoms with Crippen LogP contribution in [-0.2, 0) is 16.0 Å². The summed E-state index contributed by atoms with van der Waals surface area (Å²) in [6.07, 6.45) is 4.51. The first-order valence-electron chi connectivity index (χ1n) is 18.7. The third-order valence-electron chi connectivity index (χ3n) is 11.5. The summed E-state index contributed by atoms with van der Waals surface area (Å²) < 4.78 is 2.11. The number of piperidine rings is 1. The summed E-state index contributed by atoms with van der Waals surface area (Å²) in [6, 6.07) is 18.1. The number of aromatic nitrogens is 4. The van der Waals surface area contributed by atoms with Crippen molar-refractivity contribution in [3.05, 3.63) is 105 Å². The molecule has 4 aliphatic rings. The number of carbonyl (C=O) groups excluding carboxylic acids is 2. The Kier molecular flexibility index (Phi) is 9.07. The lowest BCUT2D eigenvalue weighted by molar-refractivity contribution is -0.133. The second-order valence-electron chi connectivity index (χ2n) is 14.7. The van der Waals surface area contributed by atoms with E-state index in [1.807, 2.05) is 54.4 Å². The number of hydrogen-bond acceptors (Lipinski definition) is 9. The molecule has 0 aliphatic carbocycles. The van der Waals surface area contributed by atoms with Crippen LogP contribution in [0.3, 0.4) is 0 Å². The molecular formula is C41H42ClN9O2S. The zero-order valence-electron chi connectivity index (χ0n) is 30.7. The Morgan fingerprint density at radius 1 is 0.907 bits per heavy atom. The molecule has 2 saturated heterocycles. The van der Waals surface area contributed by atoms with Crippen LogP contribution in [-0.4, -0.2) is 92.4 Å². The van der Waals surface area contributed by atoms with E-state index in [1.54, 1.807) is 11.3 Å².